The van der Waals surface area contributed by atoms with E-state index in [9.17, 15) is 9.59 Å². The van der Waals surface area contributed by atoms with Gasteiger partial charge >= 0.3 is 0 Å². The van der Waals surface area contributed by atoms with E-state index in [4.69, 9.17) is 4.74 Å². The molecule has 3 aromatic rings. The molecule has 3 rings (SSSR count). The summed E-state index contributed by atoms with van der Waals surface area (Å²) in [4.78, 5) is 28.6. The third-order valence-corrected chi connectivity index (χ3v) is 5.13. The molecule has 0 aliphatic heterocycles. The number of aromatic nitrogens is 1. The van der Waals surface area contributed by atoms with Gasteiger partial charge in [-0.3, -0.25) is 14.6 Å². The van der Waals surface area contributed by atoms with Gasteiger partial charge in [-0.25, -0.2) is 0 Å². The average molecular weight is 369 g/mol. The number of nitrogens with one attached hydrogen (secondary N) is 2. The summed E-state index contributed by atoms with van der Waals surface area (Å²) in [5.74, 6) is 0.829. The Balaban J connectivity index is 1.90. The first-order valence-electron chi connectivity index (χ1n) is 8.20. The minimum Gasteiger partial charge on any atom is -0.457 e. The average Bonchev–Trinajstić information content (AvgIpc) is 2.97. The normalized spacial score (nSPS) is 10.6. The van der Waals surface area contributed by atoms with Gasteiger partial charge in [0.2, 0.25) is 0 Å². The van der Waals surface area contributed by atoms with E-state index in [2.05, 4.69) is 15.6 Å². The number of nitrogens with zero attached hydrogens (tertiary/aromatic N) is 1. The third kappa shape index (κ3) is 3.52. The Morgan fingerprint density at radius 2 is 1.92 bits per heavy atom. The largest absolute Gasteiger partial charge is 0.457 e. The van der Waals surface area contributed by atoms with E-state index in [1.54, 1.807) is 19.2 Å². The van der Waals surface area contributed by atoms with Crippen LogP contribution in [-0.4, -0.2) is 30.4 Å². The van der Waals surface area contributed by atoms with Gasteiger partial charge in [-0.2, -0.15) is 0 Å². The van der Waals surface area contributed by atoms with Gasteiger partial charge in [0, 0.05) is 30.6 Å². The van der Waals surface area contributed by atoms with Gasteiger partial charge < -0.3 is 15.4 Å². The van der Waals surface area contributed by atoms with Crippen LogP contribution in [0.3, 0.4) is 0 Å². The summed E-state index contributed by atoms with van der Waals surface area (Å²) < 4.78 is 6.84. The summed E-state index contributed by atoms with van der Waals surface area (Å²) in [5, 5.41) is 6.40. The maximum absolute atomic E-state index is 12.2. The van der Waals surface area contributed by atoms with Gasteiger partial charge in [0.05, 0.1) is 4.88 Å². The molecule has 0 bridgehead atoms. The molecule has 0 saturated heterocycles. The molecular formula is C19H19N3O3S. The molecule has 26 heavy (non-hydrogen) atoms. The molecule has 1 aromatic carbocycles. The van der Waals surface area contributed by atoms with Gasteiger partial charge in [0.25, 0.3) is 11.8 Å². The number of carbonyl (C=O) groups is 2. The van der Waals surface area contributed by atoms with Crippen LogP contribution in [0.5, 0.6) is 11.5 Å². The van der Waals surface area contributed by atoms with Crippen LogP contribution in [-0.2, 0) is 0 Å². The first-order valence-corrected chi connectivity index (χ1v) is 9.02. The van der Waals surface area contributed by atoms with Crippen molar-refractivity contribution >= 4 is 33.2 Å². The summed E-state index contributed by atoms with van der Waals surface area (Å²) in [7, 11) is 1.55. The highest BCUT2D eigenvalue weighted by Gasteiger charge is 2.15. The summed E-state index contributed by atoms with van der Waals surface area (Å²) >= 11 is 1.44. The van der Waals surface area contributed by atoms with Crippen LogP contribution >= 0.6 is 11.3 Å². The summed E-state index contributed by atoms with van der Waals surface area (Å²) in [5.41, 5.74) is 1.25. The monoisotopic (exact) mass is 369 g/mol. The molecule has 0 unspecified atom stereocenters. The number of thiophene rings is 1. The second-order valence-corrected chi connectivity index (χ2v) is 6.68. The van der Waals surface area contributed by atoms with Crippen LogP contribution in [0.25, 0.3) is 10.1 Å². The molecule has 0 atom stereocenters. The Morgan fingerprint density at radius 3 is 2.65 bits per heavy atom. The summed E-state index contributed by atoms with van der Waals surface area (Å²) in [6, 6.07) is 8.97. The van der Waals surface area contributed by atoms with E-state index in [0.717, 1.165) is 15.6 Å². The van der Waals surface area contributed by atoms with Crippen LogP contribution in [0.15, 0.2) is 36.5 Å². The molecule has 0 saturated carbocycles. The van der Waals surface area contributed by atoms with Crippen molar-refractivity contribution in [1.82, 2.24) is 15.6 Å². The van der Waals surface area contributed by atoms with Crippen molar-refractivity contribution < 1.29 is 14.3 Å². The number of fused-ring (bicyclic) bond motifs is 1. The second kappa shape index (κ2) is 7.53. The van der Waals surface area contributed by atoms with Crippen LogP contribution in [0.2, 0.25) is 0 Å². The van der Waals surface area contributed by atoms with Crippen LogP contribution in [0.4, 0.5) is 0 Å². The molecule has 7 heteroatoms. The fraction of sp³-hybridized carbons (Fsp3) is 0.211. The minimum atomic E-state index is -0.272. The van der Waals surface area contributed by atoms with E-state index in [0.29, 0.717) is 22.9 Å². The first kappa shape index (κ1) is 17.9. The molecule has 0 aliphatic rings. The number of aryl methyl sites for hydroxylation is 1. The summed E-state index contributed by atoms with van der Waals surface area (Å²) in [6.07, 6.45) is 1.53. The molecule has 0 aliphatic carbocycles. The highest BCUT2D eigenvalue weighted by atomic mass is 32.1. The van der Waals surface area contributed by atoms with Crippen molar-refractivity contribution in [2.45, 2.75) is 13.8 Å². The molecule has 0 radical (unpaired) electrons. The van der Waals surface area contributed by atoms with Crippen molar-refractivity contribution in [2.24, 2.45) is 0 Å². The zero-order valence-electron chi connectivity index (χ0n) is 14.8. The van der Waals surface area contributed by atoms with E-state index in [1.807, 2.05) is 32.0 Å². The van der Waals surface area contributed by atoms with Crippen LogP contribution < -0.4 is 15.4 Å². The van der Waals surface area contributed by atoms with Crippen LogP contribution in [0.1, 0.15) is 32.6 Å². The van der Waals surface area contributed by atoms with Gasteiger partial charge in [-0.15, -0.1) is 11.3 Å². The van der Waals surface area contributed by atoms with Crippen molar-refractivity contribution in [2.75, 3.05) is 13.6 Å². The molecule has 2 N–H and O–H groups in total. The predicted molar refractivity (Wildman–Crippen MR) is 102 cm³/mol. The SMILES string of the molecule is CCNC(=O)c1sc2cc(Oc3ccnc(C(=O)NC)c3)ccc2c1C. The number of ether oxygens (including phenoxy) is 1. The highest BCUT2D eigenvalue weighted by Crippen LogP contribution is 2.34. The van der Waals surface area contributed by atoms with Crippen molar-refractivity contribution in [3.63, 3.8) is 0 Å². The van der Waals surface area contributed by atoms with Gasteiger partial charge in [0.15, 0.2) is 0 Å². The standard InChI is InChI=1S/C19H19N3O3S/c1-4-21-19(24)17-11(2)14-6-5-12(10-16(14)26-17)25-13-7-8-22-15(9-13)18(23)20-3/h5-10H,4H2,1-3H3,(H,20,23)(H,21,24). The number of hydrogen-bond acceptors (Lipinski definition) is 5. The van der Waals surface area contributed by atoms with Gasteiger partial charge in [0.1, 0.15) is 17.2 Å². The van der Waals surface area contributed by atoms with E-state index in [1.165, 1.54) is 17.5 Å². The van der Waals surface area contributed by atoms with E-state index < -0.39 is 0 Å². The fourth-order valence-electron chi connectivity index (χ4n) is 2.59. The predicted octanol–water partition coefficient (Wildman–Crippen LogP) is 3.51. The Labute approximate surface area is 155 Å². The first-order chi connectivity index (χ1) is 12.5. The molecule has 0 fully saturated rings. The lowest BCUT2D eigenvalue weighted by Gasteiger charge is -2.07. The Morgan fingerprint density at radius 1 is 1.15 bits per heavy atom. The van der Waals surface area contributed by atoms with E-state index >= 15 is 0 Å². The minimum absolute atomic E-state index is 0.0574. The molecule has 134 valence electrons. The van der Waals surface area contributed by atoms with Crippen molar-refractivity contribution in [3.8, 4) is 11.5 Å². The zero-order valence-corrected chi connectivity index (χ0v) is 15.6. The van der Waals surface area contributed by atoms with Crippen molar-refractivity contribution in [3.05, 3.63) is 52.7 Å². The molecular weight excluding hydrogens is 350 g/mol. The Bertz CT molecular complexity index is 981. The maximum Gasteiger partial charge on any atom is 0.269 e. The number of hydrogen-bond donors (Lipinski definition) is 2. The molecule has 2 heterocycles. The zero-order chi connectivity index (χ0) is 18.7. The molecule has 2 aromatic heterocycles. The quantitative estimate of drug-likeness (QED) is 0.721. The third-order valence-electron chi connectivity index (χ3n) is 3.88. The number of carbonyl (C=O) groups excluding carboxylic acids is 2. The van der Waals surface area contributed by atoms with Gasteiger partial charge in [-0.05, 0) is 49.1 Å². The number of amides is 2. The molecule has 2 amide bonds. The van der Waals surface area contributed by atoms with E-state index in [-0.39, 0.29) is 17.5 Å². The lowest BCUT2D eigenvalue weighted by Crippen LogP contribution is -2.22. The lowest BCUT2D eigenvalue weighted by atomic mass is 10.1. The fourth-order valence-corrected chi connectivity index (χ4v) is 3.74. The molecule has 0 spiro atoms. The van der Waals surface area contributed by atoms with Gasteiger partial charge in [-0.1, -0.05) is 0 Å². The second-order valence-electron chi connectivity index (χ2n) is 5.63. The smallest absolute Gasteiger partial charge is 0.269 e. The summed E-state index contributed by atoms with van der Waals surface area (Å²) in [6.45, 7) is 4.44. The lowest BCUT2D eigenvalue weighted by molar-refractivity contribution is 0.0950. The Kier molecular flexibility index (Phi) is 5.18. The maximum atomic E-state index is 12.2. The number of pyridine rings is 1. The molecule has 6 nitrogen and oxygen atoms in total. The topological polar surface area (TPSA) is 80.3 Å². The van der Waals surface area contributed by atoms with Crippen molar-refractivity contribution in [1.29, 1.82) is 0 Å². The number of rotatable bonds is 5. The van der Waals surface area contributed by atoms with Crippen LogP contribution in [0, 0.1) is 6.92 Å². The highest BCUT2D eigenvalue weighted by molar-refractivity contribution is 7.21. The Hall–Kier alpha value is -2.93. The number of benzene rings is 1.